The third kappa shape index (κ3) is 3.30. The summed E-state index contributed by atoms with van der Waals surface area (Å²) in [6.07, 6.45) is 0. The van der Waals surface area contributed by atoms with E-state index >= 15 is 0 Å². The van der Waals surface area contributed by atoms with Gasteiger partial charge in [-0.25, -0.2) is 0 Å². The van der Waals surface area contributed by atoms with Crippen LogP contribution in [0.3, 0.4) is 0 Å². The number of nitrogens with zero attached hydrogens (tertiary/aromatic N) is 2. The number of fused-ring (bicyclic) bond motifs is 1. The van der Waals surface area contributed by atoms with Crippen LogP contribution >= 0.6 is 0 Å². The zero-order valence-corrected chi connectivity index (χ0v) is 14.3. The van der Waals surface area contributed by atoms with E-state index in [2.05, 4.69) is 21.9 Å². The Labute approximate surface area is 147 Å². The monoisotopic (exact) mass is 342 g/mol. The van der Waals surface area contributed by atoms with Crippen molar-refractivity contribution in [1.29, 1.82) is 0 Å². The first-order chi connectivity index (χ1) is 12.2. The van der Waals surface area contributed by atoms with Gasteiger partial charge in [-0.2, -0.15) is 0 Å². The van der Waals surface area contributed by atoms with Crippen molar-refractivity contribution in [3.63, 3.8) is 0 Å². The normalized spacial score (nSPS) is 16.9. The molecule has 0 spiro atoms. The van der Waals surface area contributed by atoms with Crippen molar-refractivity contribution in [1.82, 2.24) is 4.90 Å². The summed E-state index contributed by atoms with van der Waals surface area (Å²) in [5, 5.41) is 10.2. The molecule has 0 aromatic heterocycles. The Morgan fingerprint density at radius 2 is 1.68 bits per heavy atom. The number of aromatic hydroxyl groups is 1. The number of ether oxygens (including phenoxy) is 3. The average Bonchev–Trinajstić information content (AvgIpc) is 3.10. The summed E-state index contributed by atoms with van der Waals surface area (Å²) in [6.45, 7) is 4.73. The summed E-state index contributed by atoms with van der Waals surface area (Å²) >= 11 is 0. The van der Waals surface area contributed by atoms with E-state index in [9.17, 15) is 5.11 Å². The summed E-state index contributed by atoms with van der Waals surface area (Å²) in [4.78, 5) is 4.72. The molecule has 0 amide bonds. The van der Waals surface area contributed by atoms with Gasteiger partial charge in [0.2, 0.25) is 6.79 Å². The predicted octanol–water partition coefficient (Wildman–Crippen LogP) is 2.45. The zero-order valence-electron chi connectivity index (χ0n) is 14.3. The minimum absolute atomic E-state index is 0.221. The molecular formula is C19H22N2O4. The fraction of sp³-hybridized carbons (Fsp3) is 0.368. The molecule has 1 N–H and O–H groups in total. The molecule has 4 rings (SSSR count). The Kier molecular flexibility index (Phi) is 4.28. The first kappa shape index (κ1) is 15.9. The van der Waals surface area contributed by atoms with Gasteiger partial charge in [0.05, 0.1) is 7.11 Å². The summed E-state index contributed by atoms with van der Waals surface area (Å²) in [6, 6.07) is 11.7. The lowest BCUT2D eigenvalue weighted by molar-refractivity contribution is 0.173. The molecule has 2 aromatic rings. The molecule has 0 unspecified atom stereocenters. The third-order valence-electron chi connectivity index (χ3n) is 4.78. The first-order valence-electron chi connectivity index (χ1n) is 8.46. The molecule has 132 valence electrons. The number of hydrogen-bond donors (Lipinski definition) is 1. The number of methoxy groups -OCH3 is 1. The van der Waals surface area contributed by atoms with Crippen molar-refractivity contribution in [2.24, 2.45) is 0 Å². The molecule has 2 aromatic carbocycles. The molecule has 1 saturated heterocycles. The van der Waals surface area contributed by atoms with Crippen molar-refractivity contribution in [2.45, 2.75) is 6.54 Å². The van der Waals surface area contributed by atoms with Crippen LogP contribution < -0.4 is 19.1 Å². The molecule has 6 nitrogen and oxygen atoms in total. The van der Waals surface area contributed by atoms with E-state index in [1.54, 1.807) is 13.2 Å². The van der Waals surface area contributed by atoms with Crippen LogP contribution in [0.15, 0.2) is 36.4 Å². The van der Waals surface area contributed by atoms with Crippen LogP contribution in [0.4, 0.5) is 5.69 Å². The maximum absolute atomic E-state index is 10.2. The molecule has 0 radical (unpaired) electrons. The summed E-state index contributed by atoms with van der Waals surface area (Å²) < 4.78 is 15.9. The molecule has 2 heterocycles. The molecule has 6 heteroatoms. The summed E-state index contributed by atoms with van der Waals surface area (Å²) in [5.41, 5.74) is 2.09. The van der Waals surface area contributed by atoms with Gasteiger partial charge in [-0.05, 0) is 30.3 Å². The largest absolute Gasteiger partial charge is 0.507 e. The van der Waals surface area contributed by atoms with Gasteiger partial charge >= 0.3 is 0 Å². The van der Waals surface area contributed by atoms with E-state index in [1.807, 2.05) is 18.2 Å². The lowest BCUT2D eigenvalue weighted by Crippen LogP contribution is -2.45. The van der Waals surface area contributed by atoms with Gasteiger partial charge in [-0.15, -0.1) is 0 Å². The third-order valence-corrected chi connectivity index (χ3v) is 4.78. The predicted molar refractivity (Wildman–Crippen MR) is 94.7 cm³/mol. The van der Waals surface area contributed by atoms with Crippen molar-refractivity contribution < 1.29 is 19.3 Å². The molecule has 1 fully saturated rings. The highest BCUT2D eigenvalue weighted by Crippen LogP contribution is 2.38. The Morgan fingerprint density at radius 3 is 2.36 bits per heavy atom. The highest BCUT2D eigenvalue weighted by atomic mass is 16.7. The average molecular weight is 342 g/mol. The molecule has 2 aliphatic heterocycles. The summed E-state index contributed by atoms with van der Waals surface area (Å²) in [7, 11) is 1.68. The van der Waals surface area contributed by atoms with Crippen molar-refractivity contribution >= 4 is 5.69 Å². The number of anilines is 1. The fourth-order valence-corrected chi connectivity index (χ4v) is 3.30. The van der Waals surface area contributed by atoms with E-state index in [-0.39, 0.29) is 12.5 Å². The second-order valence-corrected chi connectivity index (χ2v) is 6.30. The van der Waals surface area contributed by atoms with Crippen LogP contribution in [-0.4, -0.2) is 50.1 Å². The number of phenols is 1. The van der Waals surface area contributed by atoms with Crippen molar-refractivity contribution in [2.75, 3.05) is 45.0 Å². The summed E-state index contributed by atoms with van der Waals surface area (Å²) in [5.74, 6) is 2.47. The number of benzene rings is 2. The number of hydrogen-bond acceptors (Lipinski definition) is 6. The Hall–Kier alpha value is -2.60. The second kappa shape index (κ2) is 6.72. The number of phenolic OH excluding ortho intramolecular Hbond substituents is 1. The second-order valence-electron chi connectivity index (χ2n) is 6.30. The van der Waals surface area contributed by atoms with Gasteiger partial charge in [0.25, 0.3) is 0 Å². The van der Waals surface area contributed by atoms with E-state index in [0.29, 0.717) is 18.0 Å². The van der Waals surface area contributed by atoms with Crippen LogP contribution in [0.1, 0.15) is 5.56 Å². The molecule has 0 bridgehead atoms. The molecule has 0 atom stereocenters. The van der Waals surface area contributed by atoms with Crippen LogP contribution in [0, 0.1) is 0 Å². The van der Waals surface area contributed by atoms with Crippen molar-refractivity contribution in [3.05, 3.63) is 42.0 Å². The van der Waals surface area contributed by atoms with E-state index in [0.717, 1.165) is 37.5 Å². The van der Waals surface area contributed by atoms with Gasteiger partial charge in [0.1, 0.15) is 11.5 Å². The van der Waals surface area contributed by atoms with E-state index in [4.69, 9.17) is 14.2 Å². The molecule has 25 heavy (non-hydrogen) atoms. The SMILES string of the molecule is COc1ccc(N2CCN(Cc3cc4c(cc3O)OCO4)CC2)cc1. The standard InChI is InChI=1S/C19H22N2O4/c1-23-16-4-2-15(3-5-16)21-8-6-20(7-9-21)12-14-10-18-19(11-17(14)22)25-13-24-18/h2-5,10-11,22H,6-9,12-13H2,1H3. The molecule has 0 saturated carbocycles. The topological polar surface area (TPSA) is 54.4 Å². The molecular weight excluding hydrogens is 320 g/mol. The smallest absolute Gasteiger partial charge is 0.231 e. The minimum Gasteiger partial charge on any atom is -0.507 e. The van der Waals surface area contributed by atoms with Crippen LogP contribution in [0.5, 0.6) is 23.0 Å². The van der Waals surface area contributed by atoms with Gasteiger partial charge in [-0.3, -0.25) is 4.90 Å². The maximum Gasteiger partial charge on any atom is 0.231 e. The lowest BCUT2D eigenvalue weighted by atomic mass is 10.1. The number of piperazine rings is 1. The molecule has 2 aliphatic rings. The zero-order chi connectivity index (χ0) is 17.2. The van der Waals surface area contributed by atoms with E-state index in [1.165, 1.54) is 5.69 Å². The van der Waals surface area contributed by atoms with Gasteiger partial charge < -0.3 is 24.2 Å². The minimum atomic E-state index is 0.221. The van der Waals surface area contributed by atoms with Crippen LogP contribution in [-0.2, 0) is 6.54 Å². The van der Waals surface area contributed by atoms with Crippen molar-refractivity contribution in [3.8, 4) is 23.0 Å². The van der Waals surface area contributed by atoms with Gasteiger partial charge in [0, 0.05) is 50.0 Å². The maximum atomic E-state index is 10.2. The Balaban J connectivity index is 1.37. The highest BCUT2D eigenvalue weighted by Gasteiger charge is 2.21. The van der Waals surface area contributed by atoms with E-state index < -0.39 is 0 Å². The number of rotatable bonds is 4. The Bertz CT molecular complexity index is 740. The lowest BCUT2D eigenvalue weighted by Gasteiger charge is -2.36. The van der Waals surface area contributed by atoms with Crippen LogP contribution in [0.25, 0.3) is 0 Å². The highest BCUT2D eigenvalue weighted by molar-refractivity contribution is 5.51. The van der Waals surface area contributed by atoms with Gasteiger partial charge in [0.15, 0.2) is 11.5 Å². The first-order valence-corrected chi connectivity index (χ1v) is 8.46. The Morgan fingerprint density at radius 1 is 1.00 bits per heavy atom. The quantitative estimate of drug-likeness (QED) is 0.921. The fourth-order valence-electron chi connectivity index (χ4n) is 3.30. The van der Waals surface area contributed by atoms with Gasteiger partial charge in [-0.1, -0.05) is 0 Å². The molecule has 0 aliphatic carbocycles. The van der Waals surface area contributed by atoms with Crippen LogP contribution in [0.2, 0.25) is 0 Å².